The van der Waals surface area contributed by atoms with Crippen LogP contribution < -0.4 is 15.4 Å². The normalized spacial score (nSPS) is 10.1. The Labute approximate surface area is 95.8 Å². The van der Waals surface area contributed by atoms with Crippen molar-refractivity contribution < 1.29 is 4.74 Å². The van der Waals surface area contributed by atoms with E-state index in [1.165, 1.54) is 0 Å². The van der Waals surface area contributed by atoms with Crippen molar-refractivity contribution in [3.05, 3.63) is 23.2 Å². The van der Waals surface area contributed by atoms with Crippen molar-refractivity contribution in [1.29, 1.82) is 0 Å². The maximum Gasteiger partial charge on any atom is 0.142 e. The molecule has 0 saturated heterocycles. The molecule has 2 N–H and O–H groups in total. The van der Waals surface area contributed by atoms with E-state index >= 15 is 0 Å². The molecule has 1 aromatic carbocycles. The van der Waals surface area contributed by atoms with E-state index in [1.54, 1.807) is 7.11 Å². The Morgan fingerprint density at radius 2 is 2.20 bits per heavy atom. The summed E-state index contributed by atoms with van der Waals surface area (Å²) in [6, 6.07) is 5.59. The highest BCUT2D eigenvalue weighted by Crippen LogP contribution is 2.30. The first kappa shape index (κ1) is 12.1. The molecule has 0 saturated carbocycles. The van der Waals surface area contributed by atoms with Gasteiger partial charge in [0.2, 0.25) is 0 Å². The summed E-state index contributed by atoms with van der Waals surface area (Å²) in [5.41, 5.74) is 6.47. The van der Waals surface area contributed by atoms with Gasteiger partial charge in [-0.2, -0.15) is 0 Å². The van der Waals surface area contributed by atoms with Gasteiger partial charge in [-0.3, -0.25) is 0 Å². The highest BCUT2D eigenvalue weighted by atomic mass is 35.5. The Bertz CT molecular complexity index is 317. The zero-order chi connectivity index (χ0) is 11.3. The number of hydrogen-bond acceptors (Lipinski definition) is 3. The van der Waals surface area contributed by atoms with E-state index in [1.807, 2.05) is 25.2 Å². The molecule has 1 rings (SSSR count). The molecule has 3 nitrogen and oxygen atoms in total. The summed E-state index contributed by atoms with van der Waals surface area (Å²) in [4.78, 5) is 2.09. The van der Waals surface area contributed by atoms with Crippen LogP contribution in [0.3, 0.4) is 0 Å². The molecule has 0 aliphatic rings. The molecule has 0 unspecified atom stereocenters. The number of benzene rings is 1. The van der Waals surface area contributed by atoms with E-state index < -0.39 is 0 Å². The van der Waals surface area contributed by atoms with Gasteiger partial charge in [0.25, 0.3) is 0 Å². The maximum absolute atomic E-state index is 5.94. The van der Waals surface area contributed by atoms with Crippen LogP contribution in [-0.2, 0) is 0 Å². The van der Waals surface area contributed by atoms with Crippen LogP contribution in [0.4, 0.5) is 5.69 Å². The quantitative estimate of drug-likeness (QED) is 0.839. The fourth-order valence-corrected chi connectivity index (χ4v) is 1.58. The van der Waals surface area contributed by atoms with Gasteiger partial charge in [0, 0.05) is 18.6 Å². The van der Waals surface area contributed by atoms with E-state index in [0.717, 1.165) is 24.4 Å². The van der Waals surface area contributed by atoms with Gasteiger partial charge < -0.3 is 15.4 Å². The van der Waals surface area contributed by atoms with E-state index in [2.05, 4.69) is 4.90 Å². The molecule has 0 aliphatic heterocycles. The van der Waals surface area contributed by atoms with Crippen LogP contribution in [0.2, 0.25) is 5.02 Å². The van der Waals surface area contributed by atoms with Gasteiger partial charge in [-0.15, -0.1) is 0 Å². The lowest BCUT2D eigenvalue weighted by Gasteiger charge is -2.21. The highest BCUT2D eigenvalue weighted by Gasteiger charge is 2.08. The molecular formula is C11H17ClN2O. The lowest BCUT2D eigenvalue weighted by molar-refractivity contribution is 0.415. The number of rotatable bonds is 5. The summed E-state index contributed by atoms with van der Waals surface area (Å²) in [7, 11) is 3.66. The minimum Gasteiger partial charge on any atom is -0.495 e. The third kappa shape index (κ3) is 3.29. The van der Waals surface area contributed by atoms with Gasteiger partial charge in [0.05, 0.1) is 12.8 Å². The molecule has 15 heavy (non-hydrogen) atoms. The predicted molar refractivity (Wildman–Crippen MR) is 64.9 cm³/mol. The molecule has 1 aromatic rings. The molecule has 0 aliphatic carbocycles. The fraction of sp³-hybridized carbons (Fsp3) is 0.455. The molecule has 4 heteroatoms. The van der Waals surface area contributed by atoms with Gasteiger partial charge in [0.1, 0.15) is 5.75 Å². The van der Waals surface area contributed by atoms with Crippen molar-refractivity contribution in [1.82, 2.24) is 0 Å². The average Bonchev–Trinajstić information content (AvgIpc) is 2.25. The van der Waals surface area contributed by atoms with Crippen molar-refractivity contribution in [3.63, 3.8) is 0 Å². The Morgan fingerprint density at radius 1 is 1.47 bits per heavy atom. The predicted octanol–water partition coefficient (Wildman–Crippen LogP) is 2.13. The third-order valence-electron chi connectivity index (χ3n) is 2.25. The summed E-state index contributed by atoms with van der Waals surface area (Å²) >= 11 is 5.94. The SMILES string of the molecule is COc1ccc(Cl)cc1N(C)CCCN. The van der Waals surface area contributed by atoms with Crippen LogP contribution in [0.25, 0.3) is 0 Å². The number of anilines is 1. The molecule has 0 bridgehead atoms. The molecule has 84 valence electrons. The summed E-state index contributed by atoms with van der Waals surface area (Å²) in [5, 5.41) is 0.713. The first-order valence-corrected chi connectivity index (χ1v) is 5.31. The van der Waals surface area contributed by atoms with Crippen molar-refractivity contribution in [2.75, 3.05) is 32.1 Å². The first-order valence-electron chi connectivity index (χ1n) is 4.93. The fourth-order valence-electron chi connectivity index (χ4n) is 1.41. The Kier molecular flexibility index (Phi) is 4.72. The van der Waals surface area contributed by atoms with Gasteiger partial charge in [-0.05, 0) is 31.2 Å². The monoisotopic (exact) mass is 228 g/mol. The molecule has 0 heterocycles. The number of methoxy groups -OCH3 is 1. The summed E-state index contributed by atoms with van der Waals surface area (Å²) in [6.45, 7) is 1.58. The minimum atomic E-state index is 0.688. The number of nitrogens with two attached hydrogens (primary N) is 1. The van der Waals surface area contributed by atoms with E-state index in [-0.39, 0.29) is 0 Å². The smallest absolute Gasteiger partial charge is 0.142 e. The highest BCUT2D eigenvalue weighted by molar-refractivity contribution is 6.30. The zero-order valence-corrected chi connectivity index (χ0v) is 9.92. The zero-order valence-electron chi connectivity index (χ0n) is 9.16. The molecular weight excluding hydrogens is 212 g/mol. The topological polar surface area (TPSA) is 38.5 Å². The van der Waals surface area contributed by atoms with Crippen molar-refractivity contribution in [2.45, 2.75) is 6.42 Å². The Hall–Kier alpha value is -0.930. The van der Waals surface area contributed by atoms with Crippen molar-refractivity contribution in [3.8, 4) is 5.75 Å². The molecule has 0 amide bonds. The molecule has 0 atom stereocenters. The van der Waals surface area contributed by atoms with Crippen LogP contribution in [0.15, 0.2) is 18.2 Å². The number of nitrogens with zero attached hydrogens (tertiary/aromatic N) is 1. The van der Waals surface area contributed by atoms with Crippen molar-refractivity contribution >= 4 is 17.3 Å². The second-order valence-electron chi connectivity index (χ2n) is 3.38. The molecule has 0 spiro atoms. The minimum absolute atomic E-state index is 0.688. The molecule has 0 fully saturated rings. The van der Waals surface area contributed by atoms with Crippen LogP contribution >= 0.6 is 11.6 Å². The van der Waals surface area contributed by atoms with Crippen LogP contribution in [0.5, 0.6) is 5.75 Å². The van der Waals surface area contributed by atoms with Gasteiger partial charge >= 0.3 is 0 Å². The average molecular weight is 229 g/mol. The van der Waals surface area contributed by atoms with Crippen LogP contribution in [-0.4, -0.2) is 27.2 Å². The number of hydrogen-bond donors (Lipinski definition) is 1. The van der Waals surface area contributed by atoms with Crippen molar-refractivity contribution in [2.24, 2.45) is 5.73 Å². The molecule has 0 aromatic heterocycles. The maximum atomic E-state index is 5.94. The van der Waals surface area contributed by atoms with Crippen LogP contribution in [0.1, 0.15) is 6.42 Å². The van der Waals surface area contributed by atoms with Gasteiger partial charge in [0.15, 0.2) is 0 Å². The summed E-state index contributed by atoms with van der Waals surface area (Å²) in [6.07, 6.45) is 0.951. The number of halogens is 1. The Morgan fingerprint density at radius 3 is 2.80 bits per heavy atom. The standard InChI is InChI=1S/C11H17ClN2O/c1-14(7-3-6-13)10-8-9(12)4-5-11(10)15-2/h4-5,8H,3,6-7,13H2,1-2H3. The largest absolute Gasteiger partial charge is 0.495 e. The summed E-state index contributed by atoms with van der Waals surface area (Å²) in [5.74, 6) is 0.832. The summed E-state index contributed by atoms with van der Waals surface area (Å²) < 4.78 is 5.27. The Balaban J connectivity index is 2.85. The van der Waals surface area contributed by atoms with Crippen LogP contribution in [0, 0.1) is 0 Å². The lowest BCUT2D eigenvalue weighted by Crippen LogP contribution is -2.21. The van der Waals surface area contributed by atoms with Gasteiger partial charge in [-0.25, -0.2) is 0 Å². The van der Waals surface area contributed by atoms with Gasteiger partial charge in [-0.1, -0.05) is 11.6 Å². The third-order valence-corrected chi connectivity index (χ3v) is 2.48. The molecule has 0 radical (unpaired) electrons. The first-order chi connectivity index (χ1) is 7.19. The van der Waals surface area contributed by atoms with E-state index in [4.69, 9.17) is 22.1 Å². The van der Waals surface area contributed by atoms with E-state index in [0.29, 0.717) is 11.6 Å². The number of ether oxygens (including phenoxy) is 1. The van der Waals surface area contributed by atoms with E-state index in [9.17, 15) is 0 Å². The second-order valence-corrected chi connectivity index (χ2v) is 3.82. The second kappa shape index (κ2) is 5.83. The lowest BCUT2D eigenvalue weighted by atomic mass is 10.2.